The standard InChI is InChI=1S/C29H31F3N6O/c1-18(21-8-7-9-21)33-26-25-27(35-24(17-39)34-26)36-28(19(2)37(3)23-10-5-4-6-11-23)38(25)16-20-12-14-22(15-13-20)29(30,31)32/h4-6,10-15,17-19,21H,7-9,16H2,1-3H3,(H,33,34,35). The van der Waals surface area contributed by atoms with E-state index in [0.717, 1.165) is 30.7 Å². The van der Waals surface area contributed by atoms with Gasteiger partial charge in [0.2, 0.25) is 0 Å². The summed E-state index contributed by atoms with van der Waals surface area (Å²) in [5, 5.41) is 3.50. The number of hydrogen-bond acceptors (Lipinski definition) is 6. The van der Waals surface area contributed by atoms with Gasteiger partial charge in [0.25, 0.3) is 0 Å². The molecule has 2 aromatic heterocycles. The SMILES string of the molecule is CC(Nc1nc(C=O)nc2nc(C(C)N(C)c3ccccc3)n(Cc3ccc(C(F)(F)F)cc3)c12)C1CCC1. The molecule has 0 amide bonds. The predicted molar refractivity (Wildman–Crippen MR) is 145 cm³/mol. The summed E-state index contributed by atoms with van der Waals surface area (Å²) in [5.74, 6) is 1.69. The van der Waals surface area contributed by atoms with Crippen LogP contribution in [0.3, 0.4) is 0 Å². The lowest BCUT2D eigenvalue weighted by atomic mass is 9.80. The van der Waals surface area contributed by atoms with Crippen LogP contribution in [-0.4, -0.2) is 38.9 Å². The smallest absolute Gasteiger partial charge is 0.365 e. The van der Waals surface area contributed by atoms with E-state index in [1.807, 2.05) is 48.9 Å². The minimum Gasteiger partial charge on any atom is -0.365 e. The van der Waals surface area contributed by atoms with Crippen LogP contribution in [0, 0.1) is 5.92 Å². The van der Waals surface area contributed by atoms with Gasteiger partial charge in [-0.25, -0.2) is 15.0 Å². The number of aromatic nitrogens is 4. The first-order valence-corrected chi connectivity index (χ1v) is 13.1. The normalized spacial score (nSPS) is 15.5. The van der Waals surface area contributed by atoms with Gasteiger partial charge in [0, 0.05) is 25.3 Å². The average molecular weight is 537 g/mol. The molecular formula is C29H31F3N6O. The molecule has 2 unspecified atom stereocenters. The first-order chi connectivity index (χ1) is 18.7. The van der Waals surface area contributed by atoms with Crippen LogP contribution in [0.2, 0.25) is 0 Å². The van der Waals surface area contributed by atoms with Crippen LogP contribution in [-0.2, 0) is 12.7 Å². The molecule has 2 atom stereocenters. The van der Waals surface area contributed by atoms with Crippen molar-refractivity contribution in [2.24, 2.45) is 5.92 Å². The Balaban J connectivity index is 1.63. The molecule has 5 rings (SSSR count). The average Bonchev–Trinajstić information content (AvgIpc) is 3.25. The van der Waals surface area contributed by atoms with Crippen molar-refractivity contribution in [2.45, 2.75) is 57.9 Å². The van der Waals surface area contributed by atoms with Crippen LogP contribution in [0.5, 0.6) is 0 Å². The molecule has 1 N–H and O–H groups in total. The van der Waals surface area contributed by atoms with Crippen LogP contribution in [0.15, 0.2) is 54.6 Å². The van der Waals surface area contributed by atoms with E-state index in [9.17, 15) is 18.0 Å². The topological polar surface area (TPSA) is 75.9 Å². The van der Waals surface area contributed by atoms with Crippen molar-refractivity contribution in [3.05, 3.63) is 77.4 Å². The Kier molecular flexibility index (Phi) is 7.29. The minimum absolute atomic E-state index is 0.0283. The lowest BCUT2D eigenvalue weighted by molar-refractivity contribution is -0.137. The van der Waals surface area contributed by atoms with E-state index < -0.39 is 11.7 Å². The second-order valence-corrected chi connectivity index (χ2v) is 10.2. The molecule has 1 aliphatic rings. The van der Waals surface area contributed by atoms with E-state index in [2.05, 4.69) is 27.1 Å². The third-order valence-corrected chi connectivity index (χ3v) is 7.72. The highest BCUT2D eigenvalue weighted by molar-refractivity contribution is 5.87. The predicted octanol–water partition coefficient (Wildman–Crippen LogP) is 6.50. The first kappa shape index (κ1) is 26.6. The Bertz CT molecular complexity index is 1450. The van der Waals surface area contributed by atoms with E-state index in [4.69, 9.17) is 4.98 Å². The number of alkyl halides is 3. The van der Waals surface area contributed by atoms with Crippen molar-refractivity contribution < 1.29 is 18.0 Å². The van der Waals surface area contributed by atoms with E-state index >= 15 is 0 Å². The maximum Gasteiger partial charge on any atom is 0.416 e. The van der Waals surface area contributed by atoms with Crippen molar-refractivity contribution >= 4 is 29.0 Å². The Morgan fingerprint density at radius 2 is 1.74 bits per heavy atom. The number of para-hydroxylation sites is 1. The maximum absolute atomic E-state index is 13.2. The Labute approximate surface area is 225 Å². The van der Waals surface area contributed by atoms with Gasteiger partial charge in [0.1, 0.15) is 11.3 Å². The number of halogens is 3. The van der Waals surface area contributed by atoms with Crippen molar-refractivity contribution in [2.75, 3.05) is 17.3 Å². The summed E-state index contributed by atoms with van der Waals surface area (Å²) in [7, 11) is 1.96. The fourth-order valence-corrected chi connectivity index (χ4v) is 5.02. The molecule has 2 heterocycles. The monoisotopic (exact) mass is 536 g/mol. The molecule has 39 heavy (non-hydrogen) atoms. The van der Waals surface area contributed by atoms with Gasteiger partial charge in [-0.3, -0.25) is 4.79 Å². The second-order valence-electron chi connectivity index (χ2n) is 10.2. The molecule has 0 radical (unpaired) electrons. The number of anilines is 2. The van der Waals surface area contributed by atoms with Gasteiger partial charge >= 0.3 is 6.18 Å². The zero-order valence-electron chi connectivity index (χ0n) is 22.1. The number of rotatable bonds is 9. The molecule has 204 valence electrons. The summed E-state index contributed by atoms with van der Waals surface area (Å²) in [5.41, 5.74) is 1.95. The molecule has 0 saturated heterocycles. The van der Waals surface area contributed by atoms with E-state index in [1.165, 1.54) is 18.6 Å². The van der Waals surface area contributed by atoms with Gasteiger partial charge < -0.3 is 14.8 Å². The van der Waals surface area contributed by atoms with Gasteiger partial charge in [-0.1, -0.05) is 36.8 Å². The van der Waals surface area contributed by atoms with Crippen LogP contribution in [0.25, 0.3) is 11.2 Å². The Hall–Kier alpha value is -3.95. The second kappa shape index (κ2) is 10.7. The van der Waals surface area contributed by atoms with Gasteiger partial charge in [0.05, 0.1) is 11.6 Å². The fourth-order valence-electron chi connectivity index (χ4n) is 5.02. The van der Waals surface area contributed by atoms with E-state index in [0.29, 0.717) is 40.6 Å². The number of fused-ring (bicyclic) bond motifs is 1. The molecular weight excluding hydrogens is 505 g/mol. The van der Waals surface area contributed by atoms with Gasteiger partial charge in [0.15, 0.2) is 23.6 Å². The number of aldehydes is 1. The molecule has 10 heteroatoms. The third-order valence-electron chi connectivity index (χ3n) is 7.72. The molecule has 1 aliphatic carbocycles. The molecule has 2 aromatic carbocycles. The molecule has 4 aromatic rings. The summed E-state index contributed by atoms with van der Waals surface area (Å²) < 4.78 is 41.5. The number of benzene rings is 2. The van der Waals surface area contributed by atoms with Gasteiger partial charge in [-0.15, -0.1) is 0 Å². The number of imidazole rings is 1. The van der Waals surface area contributed by atoms with E-state index in [-0.39, 0.29) is 24.5 Å². The summed E-state index contributed by atoms with van der Waals surface area (Å²) in [4.78, 5) is 27.6. The lowest BCUT2D eigenvalue weighted by Crippen LogP contribution is -2.31. The largest absolute Gasteiger partial charge is 0.416 e. The molecule has 0 aliphatic heterocycles. The quantitative estimate of drug-likeness (QED) is 0.246. The molecule has 0 bridgehead atoms. The number of nitrogens with one attached hydrogen (secondary N) is 1. The number of carbonyl (C=O) groups is 1. The Morgan fingerprint density at radius 3 is 2.33 bits per heavy atom. The van der Waals surface area contributed by atoms with Crippen LogP contribution >= 0.6 is 0 Å². The van der Waals surface area contributed by atoms with E-state index in [1.54, 1.807) is 0 Å². The van der Waals surface area contributed by atoms with Crippen LogP contribution in [0.1, 0.15) is 66.7 Å². The molecule has 1 saturated carbocycles. The summed E-state index contributed by atoms with van der Waals surface area (Å²) >= 11 is 0. The summed E-state index contributed by atoms with van der Waals surface area (Å²) in [6.45, 7) is 4.37. The maximum atomic E-state index is 13.2. The number of hydrogen-bond donors (Lipinski definition) is 1. The molecule has 0 spiro atoms. The first-order valence-electron chi connectivity index (χ1n) is 13.1. The van der Waals surface area contributed by atoms with Crippen molar-refractivity contribution in [1.29, 1.82) is 0 Å². The van der Waals surface area contributed by atoms with Crippen LogP contribution in [0.4, 0.5) is 24.7 Å². The molecule has 1 fully saturated rings. The zero-order chi connectivity index (χ0) is 27.7. The summed E-state index contributed by atoms with van der Waals surface area (Å²) in [6.07, 6.45) is -0.372. The fraction of sp³-hybridized carbons (Fsp3) is 0.379. The highest BCUT2D eigenvalue weighted by atomic mass is 19.4. The van der Waals surface area contributed by atoms with Gasteiger partial charge in [-0.2, -0.15) is 13.2 Å². The van der Waals surface area contributed by atoms with Crippen molar-refractivity contribution in [3.8, 4) is 0 Å². The molecule has 7 nitrogen and oxygen atoms in total. The zero-order valence-corrected chi connectivity index (χ0v) is 22.1. The Morgan fingerprint density at radius 1 is 1.05 bits per heavy atom. The highest BCUT2D eigenvalue weighted by Gasteiger charge is 2.31. The summed E-state index contributed by atoms with van der Waals surface area (Å²) in [6, 6.07) is 14.9. The van der Waals surface area contributed by atoms with Gasteiger partial charge in [-0.05, 0) is 62.4 Å². The number of nitrogens with zero attached hydrogens (tertiary/aromatic N) is 5. The highest BCUT2D eigenvalue weighted by Crippen LogP contribution is 2.35. The minimum atomic E-state index is -4.41. The third kappa shape index (κ3) is 5.46. The lowest BCUT2D eigenvalue weighted by Gasteiger charge is -2.32. The van der Waals surface area contributed by atoms with Crippen LogP contribution < -0.4 is 10.2 Å². The van der Waals surface area contributed by atoms with Crippen molar-refractivity contribution in [1.82, 2.24) is 19.5 Å². The van der Waals surface area contributed by atoms with Crippen molar-refractivity contribution in [3.63, 3.8) is 0 Å². The number of carbonyl (C=O) groups excluding carboxylic acids is 1.